The molecule has 1 aromatic rings. The minimum Gasteiger partial charge on any atom is -0.371 e. The lowest BCUT2D eigenvalue weighted by Gasteiger charge is -2.41. The van der Waals surface area contributed by atoms with E-state index in [1.165, 1.54) is 56.4 Å². The van der Waals surface area contributed by atoms with Crippen molar-refractivity contribution in [2.75, 3.05) is 31.1 Å². The standard InChI is InChI=1S/C16H26N4/c17-12-14-13-18-7-4-16(14)20-10-5-15(6-11-20)19-8-2-1-3-9-19/h4,7,13,15H,1-3,5-6,8-12,17H2. The van der Waals surface area contributed by atoms with Crippen molar-refractivity contribution in [1.29, 1.82) is 0 Å². The van der Waals surface area contributed by atoms with Crippen LogP contribution in [0.2, 0.25) is 0 Å². The highest BCUT2D eigenvalue weighted by atomic mass is 15.2. The molecule has 4 heteroatoms. The van der Waals surface area contributed by atoms with Crippen LogP contribution in [0.4, 0.5) is 5.69 Å². The molecule has 3 rings (SSSR count). The molecule has 0 saturated carbocycles. The Morgan fingerprint density at radius 1 is 1.10 bits per heavy atom. The second-order valence-electron chi connectivity index (χ2n) is 6.02. The molecule has 0 aliphatic carbocycles. The van der Waals surface area contributed by atoms with E-state index in [0.717, 1.165) is 19.1 Å². The zero-order valence-electron chi connectivity index (χ0n) is 12.3. The number of hydrogen-bond donors (Lipinski definition) is 1. The van der Waals surface area contributed by atoms with Gasteiger partial charge in [-0.1, -0.05) is 6.42 Å². The monoisotopic (exact) mass is 274 g/mol. The smallest absolute Gasteiger partial charge is 0.0442 e. The summed E-state index contributed by atoms with van der Waals surface area (Å²) in [5.41, 5.74) is 8.29. The summed E-state index contributed by atoms with van der Waals surface area (Å²) >= 11 is 0. The molecule has 2 saturated heterocycles. The van der Waals surface area contributed by atoms with Crippen molar-refractivity contribution in [3.63, 3.8) is 0 Å². The number of nitrogens with two attached hydrogens (primary N) is 1. The van der Waals surface area contributed by atoms with Crippen LogP contribution < -0.4 is 10.6 Å². The fraction of sp³-hybridized carbons (Fsp3) is 0.688. The van der Waals surface area contributed by atoms with E-state index in [-0.39, 0.29) is 0 Å². The Morgan fingerprint density at radius 3 is 2.55 bits per heavy atom. The third kappa shape index (κ3) is 2.96. The fourth-order valence-electron chi connectivity index (χ4n) is 3.64. The number of hydrogen-bond acceptors (Lipinski definition) is 4. The molecule has 2 N–H and O–H groups in total. The van der Waals surface area contributed by atoms with Crippen LogP contribution in [0.5, 0.6) is 0 Å². The van der Waals surface area contributed by atoms with E-state index >= 15 is 0 Å². The molecule has 0 aromatic carbocycles. The Balaban J connectivity index is 1.60. The Labute approximate surface area is 122 Å². The van der Waals surface area contributed by atoms with Crippen LogP contribution in [0.3, 0.4) is 0 Å². The molecule has 110 valence electrons. The summed E-state index contributed by atoms with van der Waals surface area (Å²) in [6, 6.07) is 2.92. The van der Waals surface area contributed by atoms with Gasteiger partial charge in [0.25, 0.3) is 0 Å². The van der Waals surface area contributed by atoms with E-state index < -0.39 is 0 Å². The highest BCUT2D eigenvalue weighted by Gasteiger charge is 2.26. The molecule has 20 heavy (non-hydrogen) atoms. The number of pyridine rings is 1. The lowest BCUT2D eigenvalue weighted by molar-refractivity contribution is 0.141. The van der Waals surface area contributed by atoms with Crippen LogP contribution in [0, 0.1) is 0 Å². The minimum atomic E-state index is 0.579. The highest BCUT2D eigenvalue weighted by molar-refractivity contribution is 5.52. The van der Waals surface area contributed by atoms with E-state index in [9.17, 15) is 0 Å². The van der Waals surface area contributed by atoms with Crippen molar-refractivity contribution >= 4 is 5.69 Å². The Hall–Kier alpha value is -1.13. The van der Waals surface area contributed by atoms with Gasteiger partial charge >= 0.3 is 0 Å². The van der Waals surface area contributed by atoms with Gasteiger partial charge in [0.15, 0.2) is 0 Å². The summed E-state index contributed by atoms with van der Waals surface area (Å²) in [5, 5.41) is 0. The second kappa shape index (κ2) is 6.55. The first kappa shape index (κ1) is 13.8. The number of piperidine rings is 2. The zero-order valence-corrected chi connectivity index (χ0v) is 12.3. The van der Waals surface area contributed by atoms with Crippen LogP contribution in [-0.4, -0.2) is 42.1 Å². The van der Waals surface area contributed by atoms with Gasteiger partial charge in [-0.25, -0.2) is 0 Å². The first-order valence-electron chi connectivity index (χ1n) is 8.00. The molecule has 2 aliphatic rings. The highest BCUT2D eigenvalue weighted by Crippen LogP contribution is 2.26. The van der Waals surface area contributed by atoms with Gasteiger partial charge in [0.1, 0.15) is 0 Å². The van der Waals surface area contributed by atoms with Gasteiger partial charge in [-0.2, -0.15) is 0 Å². The topological polar surface area (TPSA) is 45.4 Å². The summed E-state index contributed by atoms with van der Waals surface area (Å²) in [6.07, 6.45) is 10.6. The normalized spacial score (nSPS) is 22.1. The second-order valence-corrected chi connectivity index (χ2v) is 6.02. The van der Waals surface area contributed by atoms with Crippen molar-refractivity contribution in [3.05, 3.63) is 24.0 Å². The lowest BCUT2D eigenvalue weighted by atomic mass is 9.99. The Morgan fingerprint density at radius 2 is 1.85 bits per heavy atom. The molecule has 4 nitrogen and oxygen atoms in total. The summed E-state index contributed by atoms with van der Waals surface area (Å²) < 4.78 is 0. The number of nitrogens with zero attached hydrogens (tertiary/aromatic N) is 3. The largest absolute Gasteiger partial charge is 0.371 e. The van der Waals surface area contributed by atoms with Crippen LogP contribution in [0.1, 0.15) is 37.7 Å². The average Bonchev–Trinajstić information content (AvgIpc) is 2.56. The average molecular weight is 274 g/mol. The van der Waals surface area contributed by atoms with Crippen molar-refractivity contribution in [2.24, 2.45) is 5.73 Å². The van der Waals surface area contributed by atoms with Crippen LogP contribution in [0.25, 0.3) is 0 Å². The maximum absolute atomic E-state index is 5.83. The number of rotatable bonds is 3. The number of aromatic nitrogens is 1. The molecule has 0 unspecified atom stereocenters. The summed E-state index contributed by atoms with van der Waals surface area (Å²) in [6.45, 7) is 5.51. The summed E-state index contributed by atoms with van der Waals surface area (Å²) in [4.78, 5) is 9.39. The van der Waals surface area contributed by atoms with Gasteiger partial charge < -0.3 is 15.5 Å². The van der Waals surface area contributed by atoms with E-state index in [4.69, 9.17) is 5.73 Å². The number of likely N-dealkylation sites (tertiary alicyclic amines) is 1. The van der Waals surface area contributed by atoms with E-state index in [1.54, 1.807) is 0 Å². The Bertz CT molecular complexity index is 420. The molecule has 0 radical (unpaired) electrons. The predicted molar refractivity (Wildman–Crippen MR) is 82.8 cm³/mol. The fourth-order valence-corrected chi connectivity index (χ4v) is 3.64. The molecule has 0 amide bonds. The van der Waals surface area contributed by atoms with Gasteiger partial charge in [-0.3, -0.25) is 4.98 Å². The van der Waals surface area contributed by atoms with Gasteiger partial charge in [0.2, 0.25) is 0 Å². The van der Waals surface area contributed by atoms with Gasteiger partial charge in [0.05, 0.1) is 0 Å². The van der Waals surface area contributed by atoms with Crippen molar-refractivity contribution < 1.29 is 0 Å². The number of anilines is 1. The molecule has 2 fully saturated rings. The minimum absolute atomic E-state index is 0.579. The molecule has 0 atom stereocenters. The molecule has 0 bridgehead atoms. The first-order valence-corrected chi connectivity index (χ1v) is 8.00. The van der Waals surface area contributed by atoms with Gasteiger partial charge in [-0.05, 0) is 44.8 Å². The third-order valence-corrected chi connectivity index (χ3v) is 4.81. The van der Waals surface area contributed by atoms with Crippen LogP contribution >= 0.6 is 0 Å². The molecule has 3 heterocycles. The molecule has 1 aromatic heterocycles. The van der Waals surface area contributed by atoms with E-state index in [2.05, 4.69) is 20.9 Å². The lowest BCUT2D eigenvalue weighted by Crippen LogP contribution is -2.47. The quantitative estimate of drug-likeness (QED) is 0.915. The van der Waals surface area contributed by atoms with Crippen LogP contribution in [-0.2, 0) is 6.54 Å². The first-order chi connectivity index (χ1) is 9.88. The zero-order chi connectivity index (χ0) is 13.8. The van der Waals surface area contributed by atoms with Gasteiger partial charge in [0, 0.05) is 49.3 Å². The molecular formula is C16H26N4. The predicted octanol–water partition coefficient (Wildman–Crippen LogP) is 1.99. The Kier molecular flexibility index (Phi) is 4.53. The molecule has 2 aliphatic heterocycles. The summed E-state index contributed by atoms with van der Waals surface area (Å²) in [5.74, 6) is 0. The molecule has 0 spiro atoms. The van der Waals surface area contributed by atoms with E-state index in [0.29, 0.717) is 6.54 Å². The maximum Gasteiger partial charge on any atom is 0.0442 e. The SMILES string of the molecule is NCc1cnccc1N1CCC(N2CCCCC2)CC1. The van der Waals surface area contributed by atoms with Crippen LogP contribution in [0.15, 0.2) is 18.5 Å². The van der Waals surface area contributed by atoms with Crippen molar-refractivity contribution in [3.8, 4) is 0 Å². The maximum atomic E-state index is 5.83. The van der Waals surface area contributed by atoms with Crippen molar-refractivity contribution in [1.82, 2.24) is 9.88 Å². The van der Waals surface area contributed by atoms with Gasteiger partial charge in [-0.15, -0.1) is 0 Å². The summed E-state index contributed by atoms with van der Waals surface area (Å²) in [7, 11) is 0. The van der Waals surface area contributed by atoms with E-state index in [1.807, 2.05) is 12.4 Å². The molecular weight excluding hydrogens is 248 g/mol. The van der Waals surface area contributed by atoms with Crippen molar-refractivity contribution in [2.45, 2.75) is 44.7 Å². The third-order valence-electron chi connectivity index (χ3n) is 4.81.